The van der Waals surface area contributed by atoms with E-state index in [-0.39, 0.29) is 0 Å². The SMILES string of the molecule is C[CH]c1ccccn1. The van der Waals surface area contributed by atoms with Gasteiger partial charge >= 0.3 is 0 Å². The zero-order chi connectivity index (χ0) is 5.82. The highest BCUT2D eigenvalue weighted by Gasteiger charge is 1.82. The van der Waals surface area contributed by atoms with E-state index in [2.05, 4.69) is 4.98 Å². The summed E-state index contributed by atoms with van der Waals surface area (Å²) >= 11 is 0. The Hall–Kier alpha value is -0.850. The van der Waals surface area contributed by atoms with Gasteiger partial charge in [0, 0.05) is 18.3 Å². The van der Waals surface area contributed by atoms with Crippen molar-refractivity contribution in [1.82, 2.24) is 4.98 Å². The summed E-state index contributed by atoms with van der Waals surface area (Å²) < 4.78 is 0. The van der Waals surface area contributed by atoms with Crippen LogP contribution in [0.3, 0.4) is 0 Å². The van der Waals surface area contributed by atoms with Crippen LogP contribution in [0, 0.1) is 6.42 Å². The molecule has 0 aliphatic rings. The Labute approximate surface area is 49.4 Å². The molecule has 0 aliphatic carbocycles. The van der Waals surface area contributed by atoms with Crippen molar-refractivity contribution < 1.29 is 0 Å². The van der Waals surface area contributed by atoms with E-state index in [1.54, 1.807) is 6.20 Å². The van der Waals surface area contributed by atoms with Gasteiger partial charge in [-0.1, -0.05) is 13.0 Å². The number of pyridine rings is 1. The molecule has 1 heterocycles. The van der Waals surface area contributed by atoms with E-state index in [0.29, 0.717) is 0 Å². The lowest BCUT2D eigenvalue weighted by molar-refractivity contribution is 1.20. The third-order valence-electron chi connectivity index (χ3n) is 0.984. The molecular formula is C7H8N. The minimum atomic E-state index is 1.03. The highest BCUT2D eigenvalue weighted by atomic mass is 14.6. The van der Waals surface area contributed by atoms with E-state index in [1.807, 2.05) is 31.5 Å². The lowest BCUT2D eigenvalue weighted by Crippen LogP contribution is -1.78. The largest absolute Gasteiger partial charge is 0.261 e. The number of rotatable bonds is 1. The fourth-order valence-corrected chi connectivity index (χ4v) is 0.547. The van der Waals surface area contributed by atoms with E-state index in [4.69, 9.17) is 0 Å². The molecule has 41 valence electrons. The zero-order valence-electron chi connectivity index (χ0n) is 4.83. The van der Waals surface area contributed by atoms with Crippen molar-refractivity contribution in [3.05, 3.63) is 36.5 Å². The third-order valence-corrected chi connectivity index (χ3v) is 0.984. The maximum atomic E-state index is 4.04. The van der Waals surface area contributed by atoms with Crippen LogP contribution in [0.25, 0.3) is 0 Å². The van der Waals surface area contributed by atoms with Crippen molar-refractivity contribution >= 4 is 0 Å². The van der Waals surface area contributed by atoms with E-state index in [0.717, 1.165) is 5.69 Å². The van der Waals surface area contributed by atoms with Crippen molar-refractivity contribution in [3.63, 3.8) is 0 Å². The van der Waals surface area contributed by atoms with Crippen molar-refractivity contribution in [3.8, 4) is 0 Å². The average molecular weight is 106 g/mol. The number of nitrogens with zero attached hydrogens (tertiary/aromatic N) is 1. The Kier molecular flexibility index (Phi) is 1.62. The summed E-state index contributed by atoms with van der Waals surface area (Å²) in [5.41, 5.74) is 1.03. The third kappa shape index (κ3) is 1.06. The first-order valence-electron chi connectivity index (χ1n) is 2.64. The van der Waals surface area contributed by atoms with Crippen LogP contribution in [0.2, 0.25) is 0 Å². The summed E-state index contributed by atoms with van der Waals surface area (Å²) in [4.78, 5) is 4.04. The van der Waals surface area contributed by atoms with Crippen LogP contribution in [0.4, 0.5) is 0 Å². The van der Waals surface area contributed by atoms with E-state index in [1.165, 1.54) is 0 Å². The lowest BCUT2D eigenvalue weighted by Gasteiger charge is -1.88. The van der Waals surface area contributed by atoms with Gasteiger partial charge in [0.1, 0.15) is 0 Å². The number of hydrogen-bond donors (Lipinski definition) is 0. The molecule has 0 spiro atoms. The maximum absolute atomic E-state index is 4.04. The standard InChI is InChI=1S/C7H8N/c1-2-7-5-3-4-6-8-7/h2-6H,1H3. The average Bonchev–Trinajstić information content (AvgIpc) is 1.90. The molecule has 1 heteroatoms. The van der Waals surface area contributed by atoms with Gasteiger partial charge < -0.3 is 0 Å². The normalized spacial score (nSPS) is 9.12. The molecule has 1 radical (unpaired) electrons. The molecule has 0 aliphatic heterocycles. The molecule has 1 aromatic heterocycles. The molecule has 0 N–H and O–H groups in total. The molecule has 1 aromatic rings. The fourth-order valence-electron chi connectivity index (χ4n) is 0.547. The topological polar surface area (TPSA) is 12.9 Å². The second-order valence-corrected chi connectivity index (χ2v) is 1.54. The quantitative estimate of drug-likeness (QED) is 0.530. The molecule has 0 aromatic carbocycles. The molecule has 0 fully saturated rings. The van der Waals surface area contributed by atoms with Crippen LogP contribution in [-0.2, 0) is 0 Å². The molecule has 0 atom stereocenters. The van der Waals surface area contributed by atoms with Gasteiger partial charge in [-0.05, 0) is 12.1 Å². The van der Waals surface area contributed by atoms with Crippen molar-refractivity contribution in [1.29, 1.82) is 0 Å². The first-order chi connectivity index (χ1) is 3.93. The zero-order valence-corrected chi connectivity index (χ0v) is 4.83. The predicted octanol–water partition coefficient (Wildman–Crippen LogP) is 1.65. The summed E-state index contributed by atoms with van der Waals surface area (Å²) in [7, 11) is 0. The first-order valence-corrected chi connectivity index (χ1v) is 2.64. The highest BCUT2D eigenvalue weighted by Crippen LogP contribution is 1.93. The number of aromatic nitrogens is 1. The summed E-state index contributed by atoms with van der Waals surface area (Å²) in [6, 6.07) is 5.86. The van der Waals surface area contributed by atoms with E-state index >= 15 is 0 Å². The summed E-state index contributed by atoms with van der Waals surface area (Å²) in [5.74, 6) is 0. The fraction of sp³-hybridized carbons (Fsp3) is 0.143. The van der Waals surface area contributed by atoms with Crippen LogP contribution in [-0.4, -0.2) is 4.98 Å². The first kappa shape index (κ1) is 5.29. The van der Waals surface area contributed by atoms with Gasteiger partial charge in [-0.15, -0.1) is 0 Å². The van der Waals surface area contributed by atoms with Gasteiger partial charge in [0.15, 0.2) is 0 Å². The van der Waals surface area contributed by atoms with Crippen LogP contribution < -0.4 is 0 Å². The molecule has 1 nitrogen and oxygen atoms in total. The van der Waals surface area contributed by atoms with Gasteiger partial charge in [0.25, 0.3) is 0 Å². The Morgan fingerprint density at radius 1 is 1.50 bits per heavy atom. The van der Waals surface area contributed by atoms with Gasteiger partial charge in [0.05, 0.1) is 0 Å². The smallest absolute Gasteiger partial charge is 0.0438 e. The van der Waals surface area contributed by atoms with Crippen LogP contribution in [0.5, 0.6) is 0 Å². The van der Waals surface area contributed by atoms with Crippen molar-refractivity contribution in [2.75, 3.05) is 0 Å². The Morgan fingerprint density at radius 2 is 2.38 bits per heavy atom. The second kappa shape index (κ2) is 2.46. The molecule has 0 saturated heterocycles. The van der Waals surface area contributed by atoms with Crippen LogP contribution in [0.15, 0.2) is 24.4 Å². The Morgan fingerprint density at radius 3 is 2.75 bits per heavy atom. The minimum absolute atomic E-state index is 1.03. The molecule has 8 heavy (non-hydrogen) atoms. The predicted molar refractivity (Wildman–Crippen MR) is 33.3 cm³/mol. The Bertz CT molecular complexity index is 146. The summed E-state index contributed by atoms with van der Waals surface area (Å²) in [6.45, 7) is 1.97. The van der Waals surface area contributed by atoms with Gasteiger partial charge in [0.2, 0.25) is 0 Å². The second-order valence-electron chi connectivity index (χ2n) is 1.54. The van der Waals surface area contributed by atoms with Crippen molar-refractivity contribution in [2.24, 2.45) is 0 Å². The van der Waals surface area contributed by atoms with E-state index in [9.17, 15) is 0 Å². The van der Waals surface area contributed by atoms with Crippen LogP contribution >= 0.6 is 0 Å². The molecule has 0 amide bonds. The molecule has 0 saturated carbocycles. The maximum Gasteiger partial charge on any atom is 0.0438 e. The molecular weight excluding hydrogens is 98.1 g/mol. The van der Waals surface area contributed by atoms with Crippen molar-refractivity contribution in [2.45, 2.75) is 6.92 Å². The Balaban J connectivity index is 2.83. The number of hydrogen-bond acceptors (Lipinski definition) is 1. The summed E-state index contributed by atoms with van der Waals surface area (Å²) in [6.07, 6.45) is 3.76. The van der Waals surface area contributed by atoms with Gasteiger partial charge in [-0.3, -0.25) is 4.98 Å². The molecule has 0 bridgehead atoms. The van der Waals surface area contributed by atoms with Gasteiger partial charge in [-0.25, -0.2) is 0 Å². The van der Waals surface area contributed by atoms with Crippen LogP contribution in [0.1, 0.15) is 12.6 Å². The summed E-state index contributed by atoms with van der Waals surface area (Å²) in [5, 5.41) is 0. The lowest BCUT2D eigenvalue weighted by atomic mass is 10.3. The van der Waals surface area contributed by atoms with E-state index < -0.39 is 0 Å². The highest BCUT2D eigenvalue weighted by molar-refractivity contribution is 5.10. The monoisotopic (exact) mass is 106 g/mol. The molecule has 1 rings (SSSR count). The van der Waals surface area contributed by atoms with Gasteiger partial charge in [-0.2, -0.15) is 0 Å². The minimum Gasteiger partial charge on any atom is -0.261 e. The molecule has 0 unspecified atom stereocenters.